The van der Waals surface area contributed by atoms with Gasteiger partial charge in [0.05, 0.1) is 6.54 Å². The number of nitrogens with zero attached hydrogens (tertiary/aromatic N) is 3. The second kappa shape index (κ2) is 7.22. The molecule has 1 aliphatic heterocycles. The molecular formula is C17H22N4O. The van der Waals surface area contributed by atoms with Crippen LogP contribution in [0.1, 0.15) is 19.3 Å². The van der Waals surface area contributed by atoms with E-state index in [1.165, 1.54) is 32.4 Å². The average Bonchev–Trinajstić information content (AvgIpc) is 2.98. The Balaban J connectivity index is 1.73. The van der Waals surface area contributed by atoms with Crippen LogP contribution in [0.15, 0.2) is 36.5 Å². The average molecular weight is 298 g/mol. The van der Waals surface area contributed by atoms with Crippen LogP contribution in [0.25, 0.3) is 11.1 Å². The standard InChI is InChI=1S/C17H22N4O/c22-14-18-17-16(15-7-3-1-4-8-15)13-21(19-17)12-11-20-9-5-2-6-10-20/h1,3-4,7-8,13-14H,2,5-6,9-12H2,(H,18,19,22). The van der Waals surface area contributed by atoms with Crippen LogP contribution in [0.3, 0.4) is 0 Å². The molecule has 0 bridgehead atoms. The number of benzene rings is 1. The van der Waals surface area contributed by atoms with E-state index < -0.39 is 0 Å². The maximum Gasteiger partial charge on any atom is 0.212 e. The number of nitrogens with one attached hydrogen (secondary N) is 1. The summed E-state index contributed by atoms with van der Waals surface area (Å²) in [7, 11) is 0. The lowest BCUT2D eigenvalue weighted by Crippen LogP contribution is -2.32. The number of carbonyl (C=O) groups excluding carboxylic acids is 1. The Morgan fingerprint density at radius 1 is 1.09 bits per heavy atom. The third kappa shape index (κ3) is 3.54. The van der Waals surface area contributed by atoms with E-state index in [9.17, 15) is 4.79 Å². The lowest BCUT2D eigenvalue weighted by Gasteiger charge is -2.26. The van der Waals surface area contributed by atoms with Crippen LogP contribution in [0.5, 0.6) is 0 Å². The molecule has 0 aliphatic carbocycles. The first-order chi connectivity index (χ1) is 10.9. The molecule has 116 valence electrons. The third-order valence-electron chi connectivity index (χ3n) is 4.14. The highest BCUT2D eigenvalue weighted by atomic mass is 16.1. The zero-order valence-corrected chi connectivity index (χ0v) is 12.7. The van der Waals surface area contributed by atoms with Crippen molar-refractivity contribution in [3.63, 3.8) is 0 Å². The fourth-order valence-electron chi connectivity index (χ4n) is 2.95. The van der Waals surface area contributed by atoms with Gasteiger partial charge in [0.1, 0.15) is 0 Å². The largest absolute Gasteiger partial charge is 0.311 e. The van der Waals surface area contributed by atoms with E-state index in [0.29, 0.717) is 12.2 Å². The van der Waals surface area contributed by atoms with Gasteiger partial charge in [0.25, 0.3) is 0 Å². The first kappa shape index (κ1) is 14.8. The van der Waals surface area contributed by atoms with Gasteiger partial charge in [-0.2, -0.15) is 5.10 Å². The topological polar surface area (TPSA) is 50.2 Å². The van der Waals surface area contributed by atoms with Crippen LogP contribution in [0.4, 0.5) is 5.82 Å². The van der Waals surface area contributed by atoms with Gasteiger partial charge in [-0.1, -0.05) is 36.8 Å². The highest BCUT2D eigenvalue weighted by Crippen LogP contribution is 2.26. The van der Waals surface area contributed by atoms with E-state index in [-0.39, 0.29) is 0 Å². The molecular weight excluding hydrogens is 276 g/mol. The molecule has 1 N–H and O–H groups in total. The van der Waals surface area contributed by atoms with Gasteiger partial charge in [-0.15, -0.1) is 0 Å². The summed E-state index contributed by atoms with van der Waals surface area (Å²) in [5, 5.41) is 7.22. The normalized spacial score (nSPS) is 15.6. The molecule has 1 aromatic carbocycles. The lowest BCUT2D eigenvalue weighted by atomic mass is 10.1. The van der Waals surface area contributed by atoms with Crippen LogP contribution >= 0.6 is 0 Å². The third-order valence-corrected chi connectivity index (χ3v) is 4.14. The Kier molecular flexibility index (Phi) is 4.85. The fraction of sp³-hybridized carbons (Fsp3) is 0.412. The van der Waals surface area contributed by atoms with Crippen molar-refractivity contribution in [3.05, 3.63) is 36.5 Å². The molecule has 5 heteroatoms. The Labute approximate surface area is 130 Å². The molecule has 22 heavy (non-hydrogen) atoms. The van der Waals surface area contributed by atoms with E-state index in [1.807, 2.05) is 41.2 Å². The predicted molar refractivity (Wildman–Crippen MR) is 87.6 cm³/mol. The summed E-state index contributed by atoms with van der Waals surface area (Å²) in [5.74, 6) is 0.625. The molecule has 1 fully saturated rings. The molecule has 0 spiro atoms. The lowest BCUT2D eigenvalue weighted by molar-refractivity contribution is -0.105. The zero-order chi connectivity index (χ0) is 15.2. The monoisotopic (exact) mass is 298 g/mol. The number of amides is 1. The van der Waals surface area contributed by atoms with E-state index in [4.69, 9.17) is 0 Å². The van der Waals surface area contributed by atoms with Gasteiger partial charge in [0.2, 0.25) is 6.41 Å². The molecule has 3 rings (SSSR count). The van der Waals surface area contributed by atoms with Gasteiger partial charge in [-0.05, 0) is 31.5 Å². The fourth-order valence-corrected chi connectivity index (χ4v) is 2.95. The van der Waals surface area contributed by atoms with E-state index in [1.54, 1.807) is 0 Å². The summed E-state index contributed by atoms with van der Waals surface area (Å²) in [6.45, 7) is 4.23. The SMILES string of the molecule is O=CNc1nn(CCN2CCCCC2)cc1-c1ccccc1. The molecule has 1 aliphatic rings. The Bertz CT molecular complexity index is 602. The molecule has 2 aromatic rings. The van der Waals surface area contributed by atoms with Gasteiger partial charge >= 0.3 is 0 Å². The second-order valence-corrected chi connectivity index (χ2v) is 5.68. The van der Waals surface area contributed by atoms with Crippen molar-refractivity contribution in [2.45, 2.75) is 25.8 Å². The van der Waals surface area contributed by atoms with Crippen LogP contribution in [-0.2, 0) is 11.3 Å². The van der Waals surface area contributed by atoms with Crippen molar-refractivity contribution in [2.24, 2.45) is 0 Å². The smallest absolute Gasteiger partial charge is 0.212 e. The Morgan fingerprint density at radius 2 is 1.86 bits per heavy atom. The molecule has 2 heterocycles. The zero-order valence-electron chi connectivity index (χ0n) is 12.7. The molecule has 5 nitrogen and oxygen atoms in total. The summed E-state index contributed by atoms with van der Waals surface area (Å²) >= 11 is 0. The van der Waals surface area contributed by atoms with Crippen molar-refractivity contribution in [1.82, 2.24) is 14.7 Å². The predicted octanol–water partition coefficient (Wildman–Crippen LogP) is 2.60. The molecule has 1 saturated heterocycles. The van der Waals surface area contributed by atoms with Crippen LogP contribution < -0.4 is 5.32 Å². The van der Waals surface area contributed by atoms with Crippen molar-refractivity contribution >= 4 is 12.2 Å². The van der Waals surface area contributed by atoms with E-state index in [0.717, 1.165) is 24.2 Å². The highest BCUT2D eigenvalue weighted by molar-refractivity contribution is 5.82. The van der Waals surface area contributed by atoms with Crippen LogP contribution in [0, 0.1) is 0 Å². The van der Waals surface area contributed by atoms with Crippen molar-refractivity contribution < 1.29 is 4.79 Å². The highest BCUT2D eigenvalue weighted by Gasteiger charge is 2.13. The Morgan fingerprint density at radius 3 is 2.59 bits per heavy atom. The number of piperidine rings is 1. The first-order valence-corrected chi connectivity index (χ1v) is 7.92. The van der Waals surface area contributed by atoms with Crippen LogP contribution in [0.2, 0.25) is 0 Å². The maximum atomic E-state index is 10.8. The van der Waals surface area contributed by atoms with Gasteiger partial charge in [0, 0.05) is 18.3 Å². The van der Waals surface area contributed by atoms with Gasteiger partial charge < -0.3 is 10.2 Å². The number of anilines is 1. The summed E-state index contributed by atoms with van der Waals surface area (Å²) in [6.07, 6.45) is 6.65. The number of hydrogen-bond donors (Lipinski definition) is 1. The van der Waals surface area contributed by atoms with E-state index >= 15 is 0 Å². The van der Waals surface area contributed by atoms with Crippen LogP contribution in [-0.4, -0.2) is 40.7 Å². The molecule has 1 aromatic heterocycles. The second-order valence-electron chi connectivity index (χ2n) is 5.68. The molecule has 0 unspecified atom stereocenters. The van der Waals surface area contributed by atoms with Crippen molar-refractivity contribution in [2.75, 3.05) is 25.0 Å². The van der Waals surface area contributed by atoms with Crippen molar-refractivity contribution in [3.8, 4) is 11.1 Å². The number of likely N-dealkylation sites (tertiary alicyclic amines) is 1. The number of aromatic nitrogens is 2. The Hall–Kier alpha value is -2.14. The van der Waals surface area contributed by atoms with Gasteiger partial charge in [-0.3, -0.25) is 9.48 Å². The summed E-state index contributed by atoms with van der Waals surface area (Å²) < 4.78 is 1.93. The summed E-state index contributed by atoms with van der Waals surface area (Å²) in [4.78, 5) is 13.3. The summed E-state index contributed by atoms with van der Waals surface area (Å²) in [6, 6.07) is 10.0. The quantitative estimate of drug-likeness (QED) is 0.834. The van der Waals surface area contributed by atoms with Gasteiger partial charge in [-0.25, -0.2) is 0 Å². The van der Waals surface area contributed by atoms with Gasteiger partial charge in [0.15, 0.2) is 5.82 Å². The van der Waals surface area contributed by atoms with E-state index in [2.05, 4.69) is 15.3 Å². The minimum Gasteiger partial charge on any atom is -0.311 e. The maximum absolute atomic E-state index is 10.8. The minimum atomic E-state index is 0.625. The number of hydrogen-bond acceptors (Lipinski definition) is 3. The summed E-state index contributed by atoms with van der Waals surface area (Å²) in [5.41, 5.74) is 2.03. The molecule has 0 atom stereocenters. The molecule has 0 saturated carbocycles. The minimum absolute atomic E-state index is 0.625. The number of carbonyl (C=O) groups is 1. The first-order valence-electron chi connectivity index (χ1n) is 7.92. The number of rotatable bonds is 6. The van der Waals surface area contributed by atoms with Crippen molar-refractivity contribution in [1.29, 1.82) is 0 Å². The molecule has 0 radical (unpaired) electrons. The molecule has 1 amide bonds.